The lowest BCUT2D eigenvalue weighted by Gasteiger charge is -2.36. The normalized spacial score (nSPS) is 20.7. The SMILES string of the molecule is CC(C)(C)OC(=O)NC1CC(Nc2ncc3ccccc3n2)C1. The van der Waals surface area contributed by atoms with Crippen molar-refractivity contribution < 1.29 is 9.53 Å². The number of anilines is 1. The van der Waals surface area contributed by atoms with Crippen LogP contribution in [0.3, 0.4) is 0 Å². The molecule has 0 bridgehead atoms. The average molecular weight is 314 g/mol. The summed E-state index contributed by atoms with van der Waals surface area (Å²) in [6.45, 7) is 5.57. The van der Waals surface area contributed by atoms with Crippen LogP contribution >= 0.6 is 0 Å². The van der Waals surface area contributed by atoms with Crippen molar-refractivity contribution >= 4 is 22.9 Å². The molecule has 0 unspecified atom stereocenters. The summed E-state index contributed by atoms with van der Waals surface area (Å²) in [5.41, 5.74) is 0.456. The fourth-order valence-corrected chi connectivity index (χ4v) is 2.55. The highest BCUT2D eigenvalue weighted by molar-refractivity contribution is 5.78. The first-order valence-corrected chi connectivity index (χ1v) is 7.87. The van der Waals surface area contributed by atoms with E-state index in [2.05, 4.69) is 20.6 Å². The van der Waals surface area contributed by atoms with E-state index in [0.717, 1.165) is 23.7 Å². The lowest BCUT2D eigenvalue weighted by Crippen LogP contribution is -2.50. The lowest BCUT2D eigenvalue weighted by molar-refractivity contribution is 0.0475. The molecule has 1 saturated carbocycles. The predicted octanol–water partition coefficient (Wildman–Crippen LogP) is 3.10. The largest absolute Gasteiger partial charge is 0.444 e. The van der Waals surface area contributed by atoms with Crippen molar-refractivity contribution in [1.29, 1.82) is 0 Å². The molecule has 1 aliphatic rings. The summed E-state index contributed by atoms with van der Waals surface area (Å²) in [6.07, 6.45) is 3.15. The highest BCUT2D eigenvalue weighted by Gasteiger charge is 2.32. The second-order valence-electron chi connectivity index (χ2n) is 6.91. The molecule has 0 aliphatic heterocycles. The number of fused-ring (bicyclic) bond motifs is 1. The van der Waals surface area contributed by atoms with E-state index in [1.165, 1.54) is 0 Å². The van der Waals surface area contributed by atoms with Gasteiger partial charge in [0.25, 0.3) is 0 Å². The van der Waals surface area contributed by atoms with Gasteiger partial charge < -0.3 is 15.4 Å². The Kier molecular flexibility index (Phi) is 4.07. The topological polar surface area (TPSA) is 76.1 Å². The molecule has 1 fully saturated rings. The van der Waals surface area contributed by atoms with Crippen LogP contribution < -0.4 is 10.6 Å². The molecular weight excluding hydrogens is 292 g/mol. The number of aromatic nitrogens is 2. The van der Waals surface area contributed by atoms with Crippen LogP contribution in [0.15, 0.2) is 30.5 Å². The Bertz CT molecular complexity index is 705. The van der Waals surface area contributed by atoms with Crippen LogP contribution in [0.2, 0.25) is 0 Å². The quantitative estimate of drug-likeness (QED) is 0.910. The first-order chi connectivity index (χ1) is 10.9. The maximum atomic E-state index is 11.7. The smallest absolute Gasteiger partial charge is 0.407 e. The zero-order chi connectivity index (χ0) is 16.4. The molecule has 2 aromatic rings. The van der Waals surface area contributed by atoms with Gasteiger partial charge in [0, 0.05) is 23.7 Å². The molecule has 1 amide bonds. The number of nitrogens with zero attached hydrogens (tertiary/aromatic N) is 2. The van der Waals surface area contributed by atoms with Gasteiger partial charge in [-0.15, -0.1) is 0 Å². The fourth-order valence-electron chi connectivity index (χ4n) is 2.55. The van der Waals surface area contributed by atoms with E-state index in [-0.39, 0.29) is 18.2 Å². The second kappa shape index (κ2) is 6.02. The Morgan fingerprint density at radius 2 is 1.96 bits per heavy atom. The Hall–Kier alpha value is -2.37. The summed E-state index contributed by atoms with van der Waals surface area (Å²) in [4.78, 5) is 20.5. The number of hydrogen-bond acceptors (Lipinski definition) is 5. The van der Waals surface area contributed by atoms with Crippen molar-refractivity contribution in [1.82, 2.24) is 15.3 Å². The van der Waals surface area contributed by atoms with Gasteiger partial charge in [0.1, 0.15) is 5.60 Å². The molecule has 23 heavy (non-hydrogen) atoms. The first kappa shape index (κ1) is 15.5. The third-order valence-corrected chi connectivity index (χ3v) is 3.68. The van der Waals surface area contributed by atoms with Gasteiger partial charge in [0.2, 0.25) is 5.95 Å². The Balaban J connectivity index is 1.49. The van der Waals surface area contributed by atoms with Gasteiger partial charge in [0.15, 0.2) is 0 Å². The van der Waals surface area contributed by atoms with Crippen molar-refractivity contribution in [2.45, 2.75) is 51.3 Å². The Labute approximate surface area is 135 Å². The van der Waals surface area contributed by atoms with Crippen LogP contribution in [-0.4, -0.2) is 33.7 Å². The van der Waals surface area contributed by atoms with E-state index in [1.54, 1.807) is 0 Å². The number of rotatable bonds is 3. The number of carbonyl (C=O) groups is 1. The molecule has 6 nitrogen and oxygen atoms in total. The van der Waals surface area contributed by atoms with Gasteiger partial charge in [-0.1, -0.05) is 18.2 Å². The van der Waals surface area contributed by atoms with Crippen LogP contribution in [0.4, 0.5) is 10.7 Å². The minimum absolute atomic E-state index is 0.141. The number of amides is 1. The molecule has 1 aliphatic carbocycles. The zero-order valence-electron chi connectivity index (χ0n) is 13.7. The average Bonchev–Trinajstić information content (AvgIpc) is 2.43. The molecule has 1 aromatic carbocycles. The van der Waals surface area contributed by atoms with Crippen molar-refractivity contribution in [3.05, 3.63) is 30.5 Å². The molecule has 122 valence electrons. The molecular formula is C17H22N4O2. The van der Waals surface area contributed by atoms with E-state index in [9.17, 15) is 4.79 Å². The third-order valence-electron chi connectivity index (χ3n) is 3.68. The van der Waals surface area contributed by atoms with Gasteiger partial charge >= 0.3 is 6.09 Å². The molecule has 3 rings (SSSR count). The Morgan fingerprint density at radius 3 is 2.70 bits per heavy atom. The highest BCUT2D eigenvalue weighted by Crippen LogP contribution is 2.24. The van der Waals surface area contributed by atoms with Gasteiger partial charge in [-0.05, 0) is 39.7 Å². The minimum Gasteiger partial charge on any atom is -0.444 e. The standard InChI is InChI=1S/C17H22N4O2/c1-17(2,3)23-16(22)20-13-8-12(9-13)19-15-18-10-11-6-4-5-7-14(11)21-15/h4-7,10,12-13H,8-9H2,1-3H3,(H,20,22)(H,18,19,21). The number of para-hydroxylation sites is 1. The molecule has 2 N–H and O–H groups in total. The fraction of sp³-hybridized carbons (Fsp3) is 0.471. The van der Waals surface area contributed by atoms with Crippen LogP contribution in [-0.2, 0) is 4.74 Å². The van der Waals surface area contributed by atoms with Crippen LogP contribution in [0, 0.1) is 0 Å². The zero-order valence-corrected chi connectivity index (χ0v) is 13.7. The number of alkyl carbamates (subject to hydrolysis) is 1. The maximum Gasteiger partial charge on any atom is 0.407 e. The molecule has 6 heteroatoms. The number of nitrogens with one attached hydrogen (secondary N) is 2. The van der Waals surface area contributed by atoms with Crippen molar-refractivity contribution in [3.8, 4) is 0 Å². The van der Waals surface area contributed by atoms with Crippen LogP contribution in [0.5, 0.6) is 0 Å². The van der Waals surface area contributed by atoms with E-state index in [0.29, 0.717) is 5.95 Å². The van der Waals surface area contributed by atoms with Gasteiger partial charge in [0.05, 0.1) is 5.52 Å². The lowest BCUT2D eigenvalue weighted by atomic mass is 9.87. The third kappa shape index (κ3) is 4.09. The van der Waals surface area contributed by atoms with Crippen molar-refractivity contribution in [3.63, 3.8) is 0 Å². The van der Waals surface area contributed by atoms with E-state index in [1.807, 2.05) is 51.2 Å². The summed E-state index contributed by atoms with van der Waals surface area (Å²) < 4.78 is 5.25. The maximum absolute atomic E-state index is 11.7. The van der Waals surface area contributed by atoms with Crippen LogP contribution in [0.1, 0.15) is 33.6 Å². The van der Waals surface area contributed by atoms with E-state index in [4.69, 9.17) is 4.74 Å². The van der Waals surface area contributed by atoms with Crippen molar-refractivity contribution in [2.75, 3.05) is 5.32 Å². The molecule has 1 aromatic heterocycles. The second-order valence-corrected chi connectivity index (χ2v) is 6.91. The monoisotopic (exact) mass is 314 g/mol. The first-order valence-electron chi connectivity index (χ1n) is 7.87. The van der Waals surface area contributed by atoms with Crippen LogP contribution in [0.25, 0.3) is 10.9 Å². The molecule has 0 spiro atoms. The molecule has 1 heterocycles. The molecule has 0 saturated heterocycles. The predicted molar refractivity (Wildman–Crippen MR) is 89.3 cm³/mol. The summed E-state index contributed by atoms with van der Waals surface area (Å²) in [5, 5.41) is 7.21. The molecule has 0 atom stereocenters. The Morgan fingerprint density at radius 1 is 1.22 bits per heavy atom. The van der Waals surface area contributed by atoms with Gasteiger partial charge in [-0.2, -0.15) is 0 Å². The number of ether oxygens (including phenoxy) is 1. The van der Waals surface area contributed by atoms with Gasteiger partial charge in [-0.3, -0.25) is 0 Å². The summed E-state index contributed by atoms with van der Waals surface area (Å²) in [6, 6.07) is 8.30. The summed E-state index contributed by atoms with van der Waals surface area (Å²) >= 11 is 0. The van der Waals surface area contributed by atoms with E-state index < -0.39 is 5.60 Å². The number of benzene rings is 1. The van der Waals surface area contributed by atoms with Gasteiger partial charge in [-0.25, -0.2) is 14.8 Å². The summed E-state index contributed by atoms with van der Waals surface area (Å²) in [7, 11) is 0. The van der Waals surface area contributed by atoms with Crippen molar-refractivity contribution in [2.24, 2.45) is 0 Å². The number of carbonyl (C=O) groups excluding carboxylic acids is 1. The number of hydrogen-bond donors (Lipinski definition) is 2. The molecule has 0 radical (unpaired) electrons. The highest BCUT2D eigenvalue weighted by atomic mass is 16.6. The van der Waals surface area contributed by atoms with E-state index >= 15 is 0 Å². The minimum atomic E-state index is -0.468. The summed E-state index contributed by atoms with van der Waals surface area (Å²) in [5.74, 6) is 0.629.